The van der Waals surface area contributed by atoms with Crippen LogP contribution in [-0.4, -0.2) is 43.3 Å². The monoisotopic (exact) mass is 779 g/mol. The second-order valence-electron chi connectivity index (χ2n) is 14.3. The van der Waals surface area contributed by atoms with Crippen molar-refractivity contribution in [2.75, 3.05) is 12.4 Å². The van der Waals surface area contributed by atoms with Gasteiger partial charge in [0.25, 0.3) is 5.91 Å². The fourth-order valence-electron chi connectivity index (χ4n) is 7.52. The largest absolute Gasteiger partial charge is 0.496 e. The smallest absolute Gasteiger partial charge is 0.429 e. The highest BCUT2D eigenvalue weighted by molar-refractivity contribution is 6.00. The molecule has 8 nitrogen and oxygen atoms in total. The van der Waals surface area contributed by atoms with E-state index in [1.165, 1.54) is 25.3 Å². The third kappa shape index (κ3) is 8.57. The number of amides is 3. The number of carbonyl (C=O) groups excluding carboxylic acids is 3. The highest BCUT2D eigenvalue weighted by Crippen LogP contribution is 2.53. The molecule has 0 saturated heterocycles. The average Bonchev–Trinajstić information content (AvgIpc) is 3.78. The summed E-state index contributed by atoms with van der Waals surface area (Å²) < 4.78 is 122. The van der Waals surface area contributed by atoms with Gasteiger partial charge in [-0.05, 0) is 85.5 Å². The van der Waals surface area contributed by atoms with Gasteiger partial charge in [0.15, 0.2) is 0 Å². The Labute approximate surface area is 310 Å². The Morgan fingerprint density at radius 2 is 1.53 bits per heavy atom. The first-order chi connectivity index (χ1) is 25.8. The summed E-state index contributed by atoms with van der Waals surface area (Å²) in [5, 5.41) is 7.67. The molecule has 3 fully saturated rings. The SMILES string of the molecule is COc1ccc(-c2cc([C@H](OC(=O)NC3CC3)C(F)(F)F)ccc2F)cc1C(=O)NC1C2CCC(C2=CC(C)C)[C@@H]1C(=O)Nc1ccc(F)c(C(F)(F)F)c1. The predicted octanol–water partition coefficient (Wildman–Crippen LogP) is 9.13. The zero-order chi connectivity index (χ0) is 40.0. The number of hydrogen-bond acceptors (Lipinski definition) is 5. The van der Waals surface area contributed by atoms with Gasteiger partial charge in [-0.3, -0.25) is 9.59 Å². The number of hydrogen-bond donors (Lipinski definition) is 3. The number of methoxy groups -OCH3 is 1. The van der Waals surface area contributed by atoms with Gasteiger partial charge >= 0.3 is 18.4 Å². The van der Waals surface area contributed by atoms with E-state index in [0.29, 0.717) is 37.8 Å². The van der Waals surface area contributed by atoms with Crippen molar-refractivity contribution < 1.29 is 59.0 Å². The van der Waals surface area contributed by atoms with Gasteiger partial charge < -0.3 is 25.4 Å². The Bertz CT molecular complexity index is 2010. The van der Waals surface area contributed by atoms with Crippen LogP contribution in [0.1, 0.15) is 67.1 Å². The van der Waals surface area contributed by atoms with Crippen LogP contribution in [0.3, 0.4) is 0 Å². The van der Waals surface area contributed by atoms with Crippen molar-refractivity contribution in [1.29, 1.82) is 0 Å². The zero-order valence-corrected chi connectivity index (χ0v) is 29.7. The van der Waals surface area contributed by atoms with Crippen LogP contribution in [0.2, 0.25) is 0 Å². The minimum absolute atomic E-state index is 0.0131. The molecule has 0 heterocycles. The molecule has 16 heteroatoms. The van der Waals surface area contributed by atoms with Gasteiger partial charge in [0.05, 0.1) is 24.2 Å². The first kappa shape index (κ1) is 39.5. The van der Waals surface area contributed by atoms with Crippen LogP contribution in [0.5, 0.6) is 5.75 Å². The highest BCUT2D eigenvalue weighted by Gasteiger charge is 2.55. The number of nitrogens with one attached hydrogen (secondary N) is 3. The second kappa shape index (κ2) is 15.2. The maximum absolute atomic E-state index is 15.3. The normalized spacial score (nSPS) is 22.1. The number of ether oxygens (including phenoxy) is 2. The molecule has 55 heavy (non-hydrogen) atoms. The van der Waals surface area contributed by atoms with Crippen molar-refractivity contribution in [3.63, 3.8) is 0 Å². The topological polar surface area (TPSA) is 106 Å². The summed E-state index contributed by atoms with van der Waals surface area (Å²) in [5.74, 6) is -5.50. The summed E-state index contributed by atoms with van der Waals surface area (Å²) in [7, 11) is 1.26. The molecule has 0 spiro atoms. The van der Waals surface area contributed by atoms with E-state index in [2.05, 4.69) is 16.0 Å². The molecule has 3 aliphatic rings. The fraction of sp³-hybridized carbons (Fsp3) is 0.410. The number of alkyl halides is 6. The van der Waals surface area contributed by atoms with Gasteiger partial charge in [-0.1, -0.05) is 37.6 Å². The predicted molar refractivity (Wildman–Crippen MR) is 184 cm³/mol. The Morgan fingerprint density at radius 1 is 0.836 bits per heavy atom. The standard InChI is InChI=1S/C39H37F8N3O5/c1-18(2)14-26-23-9-10-24(26)33(32(23)36(52)48-22-8-12-30(41)28(17-22)38(42,43)44)50-35(51)27-15-19(5-13-31(27)54-3)25-16-20(4-11-29(25)40)34(39(45,46)47)55-37(53)49-21-6-7-21/h4-5,8,11-18,21,23-24,32-34H,6-7,9-10H2,1-3H3,(H,48,52)(H,49,53)(H,50,51)/t23?,24?,32-,33?,34-/m0/s1. The molecule has 5 atom stereocenters. The number of benzene rings is 3. The van der Waals surface area contributed by atoms with Gasteiger partial charge in [0, 0.05) is 34.8 Å². The van der Waals surface area contributed by atoms with E-state index in [4.69, 9.17) is 9.47 Å². The van der Waals surface area contributed by atoms with Gasteiger partial charge in [-0.2, -0.15) is 26.3 Å². The molecule has 6 rings (SSSR count). The first-order valence-corrected chi connectivity index (χ1v) is 17.6. The number of carbonyl (C=O) groups is 3. The third-order valence-electron chi connectivity index (χ3n) is 10.0. The average molecular weight is 780 g/mol. The van der Waals surface area contributed by atoms with Gasteiger partial charge in [0.1, 0.15) is 17.4 Å². The molecule has 2 bridgehead atoms. The van der Waals surface area contributed by atoms with Crippen molar-refractivity contribution in [3.8, 4) is 16.9 Å². The van der Waals surface area contributed by atoms with E-state index < -0.39 is 71.1 Å². The van der Waals surface area contributed by atoms with E-state index in [-0.39, 0.29) is 51.9 Å². The van der Waals surface area contributed by atoms with Crippen LogP contribution >= 0.6 is 0 Å². The summed E-state index contributed by atoms with van der Waals surface area (Å²) in [6.07, 6.45) is -9.73. The van der Waals surface area contributed by atoms with E-state index >= 15 is 4.39 Å². The van der Waals surface area contributed by atoms with Crippen LogP contribution in [0.4, 0.5) is 45.6 Å². The van der Waals surface area contributed by atoms with Crippen molar-refractivity contribution in [3.05, 3.63) is 94.6 Å². The van der Waals surface area contributed by atoms with E-state index in [9.17, 15) is 45.1 Å². The number of halogens is 8. The molecule has 3 amide bonds. The molecule has 3 aromatic carbocycles. The molecule has 3 unspecified atom stereocenters. The Balaban J connectivity index is 1.30. The maximum Gasteiger partial charge on any atom is 0.429 e. The molecular weight excluding hydrogens is 742 g/mol. The van der Waals surface area contributed by atoms with Gasteiger partial charge in [-0.15, -0.1) is 0 Å². The van der Waals surface area contributed by atoms with Crippen LogP contribution in [0.15, 0.2) is 66.2 Å². The van der Waals surface area contributed by atoms with Crippen LogP contribution < -0.4 is 20.7 Å². The second-order valence-corrected chi connectivity index (χ2v) is 14.3. The number of allylic oxidation sites excluding steroid dienone is 1. The van der Waals surface area contributed by atoms with Crippen LogP contribution in [0, 0.1) is 35.3 Å². The molecule has 3 N–H and O–H groups in total. The molecule has 0 aliphatic heterocycles. The van der Waals surface area contributed by atoms with Crippen molar-refractivity contribution >= 4 is 23.6 Å². The number of fused-ring (bicyclic) bond motifs is 2. The lowest BCUT2D eigenvalue weighted by atomic mass is 9.83. The quantitative estimate of drug-likeness (QED) is 0.141. The minimum Gasteiger partial charge on any atom is -0.496 e. The number of anilines is 1. The lowest BCUT2D eigenvalue weighted by Gasteiger charge is -2.30. The van der Waals surface area contributed by atoms with Gasteiger partial charge in [0.2, 0.25) is 12.0 Å². The van der Waals surface area contributed by atoms with Crippen molar-refractivity contribution in [2.45, 2.75) is 70.1 Å². The van der Waals surface area contributed by atoms with Crippen molar-refractivity contribution in [2.24, 2.45) is 23.7 Å². The zero-order valence-electron chi connectivity index (χ0n) is 29.7. The summed E-state index contributed by atoms with van der Waals surface area (Å²) >= 11 is 0. The maximum atomic E-state index is 15.3. The van der Waals surface area contributed by atoms with Gasteiger partial charge in [-0.25, -0.2) is 13.6 Å². The molecule has 3 aromatic rings. The molecule has 294 valence electrons. The number of rotatable bonds is 10. The molecule has 0 radical (unpaired) electrons. The summed E-state index contributed by atoms with van der Waals surface area (Å²) in [4.78, 5) is 40.1. The highest BCUT2D eigenvalue weighted by atomic mass is 19.4. The molecule has 0 aromatic heterocycles. The van der Waals surface area contributed by atoms with Crippen molar-refractivity contribution in [1.82, 2.24) is 10.6 Å². The first-order valence-electron chi connectivity index (χ1n) is 17.6. The van der Waals surface area contributed by atoms with E-state index in [1.54, 1.807) is 0 Å². The Morgan fingerprint density at radius 3 is 2.16 bits per heavy atom. The fourth-order valence-corrected chi connectivity index (χ4v) is 7.52. The molecule has 3 aliphatic carbocycles. The minimum atomic E-state index is -5.05. The summed E-state index contributed by atoms with van der Waals surface area (Å²) in [6, 6.07) is 7.32. The lowest BCUT2D eigenvalue weighted by Crippen LogP contribution is -2.48. The summed E-state index contributed by atoms with van der Waals surface area (Å²) in [5.41, 5.74) is -2.02. The number of alkyl carbamates (subject to hydrolysis) is 1. The van der Waals surface area contributed by atoms with E-state index in [1.807, 2.05) is 19.9 Å². The summed E-state index contributed by atoms with van der Waals surface area (Å²) in [6.45, 7) is 3.86. The lowest BCUT2D eigenvalue weighted by molar-refractivity contribution is -0.206. The Hall–Kier alpha value is -5.15. The van der Waals surface area contributed by atoms with Crippen LogP contribution in [0.25, 0.3) is 11.1 Å². The third-order valence-corrected chi connectivity index (χ3v) is 10.0. The van der Waals surface area contributed by atoms with E-state index in [0.717, 1.165) is 29.8 Å². The Kier molecular flexibility index (Phi) is 10.9. The molecular formula is C39H37F8N3O5. The van der Waals surface area contributed by atoms with Crippen LogP contribution in [-0.2, 0) is 15.7 Å². The molecule has 3 saturated carbocycles.